The quantitative estimate of drug-likeness (QED) is 0.922. The maximum absolute atomic E-state index is 5.46. The van der Waals surface area contributed by atoms with E-state index in [1.54, 1.807) is 11.3 Å². The van der Waals surface area contributed by atoms with Gasteiger partial charge in [0.25, 0.3) is 0 Å². The molecule has 0 aliphatic carbocycles. The number of methoxy groups -OCH3 is 1. The normalized spacial score (nSPS) is 26.4. The summed E-state index contributed by atoms with van der Waals surface area (Å²) in [6, 6.07) is 0.556. The van der Waals surface area contributed by atoms with E-state index in [-0.39, 0.29) is 0 Å². The second kappa shape index (κ2) is 6.10. The zero-order valence-corrected chi connectivity index (χ0v) is 13.3. The number of nitrogens with one attached hydrogen (secondary N) is 1. The molecule has 20 heavy (non-hydrogen) atoms. The van der Waals surface area contributed by atoms with Crippen molar-refractivity contribution < 1.29 is 4.74 Å². The number of rotatable bonds is 4. The van der Waals surface area contributed by atoms with E-state index in [0.717, 1.165) is 13.2 Å². The van der Waals surface area contributed by atoms with Crippen molar-refractivity contribution in [2.45, 2.75) is 38.8 Å². The topological polar surface area (TPSA) is 37.4 Å². The maximum atomic E-state index is 5.46. The Morgan fingerprint density at radius 1 is 1.50 bits per heavy atom. The van der Waals surface area contributed by atoms with Gasteiger partial charge in [-0.3, -0.25) is 4.90 Å². The molecule has 0 saturated carbocycles. The lowest BCUT2D eigenvalue weighted by Gasteiger charge is -2.33. The van der Waals surface area contributed by atoms with Crippen LogP contribution in [0.25, 0.3) is 0 Å². The van der Waals surface area contributed by atoms with Gasteiger partial charge in [0, 0.05) is 31.6 Å². The van der Waals surface area contributed by atoms with Gasteiger partial charge in [-0.25, -0.2) is 4.98 Å². The van der Waals surface area contributed by atoms with Crippen LogP contribution in [0.5, 0.6) is 0 Å². The van der Waals surface area contributed by atoms with Crippen molar-refractivity contribution in [1.82, 2.24) is 15.2 Å². The first-order chi connectivity index (χ1) is 9.71. The van der Waals surface area contributed by atoms with Gasteiger partial charge in [0.2, 0.25) is 0 Å². The third-order valence-corrected chi connectivity index (χ3v) is 5.60. The molecule has 3 heterocycles. The molecule has 2 fully saturated rings. The Bertz CT molecular complexity index is 442. The highest BCUT2D eigenvalue weighted by atomic mass is 32.1. The summed E-state index contributed by atoms with van der Waals surface area (Å²) in [5.74, 6) is 0. The molecule has 0 radical (unpaired) electrons. The van der Waals surface area contributed by atoms with Crippen LogP contribution in [0, 0.1) is 12.3 Å². The molecule has 0 unspecified atom stereocenters. The first kappa shape index (κ1) is 14.4. The second-order valence-electron chi connectivity index (χ2n) is 6.33. The number of thiazole rings is 1. The fraction of sp³-hybridized carbons (Fsp3) is 0.800. The number of aryl methyl sites for hydroxylation is 1. The third-order valence-electron chi connectivity index (χ3n) is 4.78. The van der Waals surface area contributed by atoms with E-state index >= 15 is 0 Å². The molecule has 4 nitrogen and oxygen atoms in total. The minimum absolute atomic E-state index is 0.513. The van der Waals surface area contributed by atoms with Gasteiger partial charge >= 0.3 is 0 Å². The zero-order chi connectivity index (χ0) is 14.0. The molecule has 0 bridgehead atoms. The highest BCUT2D eigenvalue weighted by Gasteiger charge is 2.44. The van der Waals surface area contributed by atoms with Crippen molar-refractivity contribution in [3.63, 3.8) is 0 Å². The molecule has 0 amide bonds. The van der Waals surface area contributed by atoms with Gasteiger partial charge in [-0.2, -0.15) is 0 Å². The van der Waals surface area contributed by atoms with Crippen LogP contribution in [-0.2, 0) is 11.3 Å². The molecule has 1 spiro atoms. The highest BCUT2D eigenvalue weighted by Crippen LogP contribution is 2.42. The lowest BCUT2D eigenvalue weighted by molar-refractivity contribution is 0.111. The van der Waals surface area contributed by atoms with Gasteiger partial charge in [-0.1, -0.05) is 0 Å². The standard InChI is InChI=1S/C15H25N3OS/c1-12-17-13(10-20-12)8-18-11-15(3-5-16-6-4-15)7-14(18)9-19-2/h10,14,16H,3-9,11H2,1-2H3/t14-/m0/s1. The monoisotopic (exact) mass is 295 g/mol. The Labute approximate surface area is 125 Å². The third kappa shape index (κ3) is 3.06. The van der Waals surface area contributed by atoms with Crippen LogP contribution < -0.4 is 5.32 Å². The second-order valence-corrected chi connectivity index (χ2v) is 7.39. The molecule has 1 atom stereocenters. The molecule has 1 N–H and O–H groups in total. The number of piperidine rings is 1. The molecule has 112 valence electrons. The van der Waals surface area contributed by atoms with Crippen LogP contribution in [-0.4, -0.2) is 49.3 Å². The highest BCUT2D eigenvalue weighted by molar-refractivity contribution is 7.09. The van der Waals surface area contributed by atoms with E-state index in [0.29, 0.717) is 11.5 Å². The molecule has 2 saturated heterocycles. The van der Waals surface area contributed by atoms with Crippen LogP contribution in [0.1, 0.15) is 30.0 Å². The number of ether oxygens (including phenoxy) is 1. The van der Waals surface area contributed by atoms with E-state index in [4.69, 9.17) is 4.74 Å². The fourth-order valence-electron chi connectivity index (χ4n) is 3.80. The molecule has 5 heteroatoms. The molecule has 2 aliphatic rings. The summed E-state index contributed by atoms with van der Waals surface area (Å²) in [5.41, 5.74) is 1.74. The number of aromatic nitrogens is 1. The summed E-state index contributed by atoms with van der Waals surface area (Å²) in [5, 5.41) is 6.86. The SMILES string of the molecule is COC[C@@H]1CC2(CCNCC2)CN1Cc1csc(C)n1. The molecular formula is C15H25N3OS. The molecule has 1 aromatic rings. The van der Waals surface area contributed by atoms with Crippen molar-refractivity contribution in [2.75, 3.05) is 33.4 Å². The van der Waals surface area contributed by atoms with Gasteiger partial charge in [0.15, 0.2) is 0 Å². The van der Waals surface area contributed by atoms with Crippen molar-refractivity contribution in [3.8, 4) is 0 Å². The van der Waals surface area contributed by atoms with E-state index in [1.807, 2.05) is 7.11 Å². The van der Waals surface area contributed by atoms with Gasteiger partial charge in [0.05, 0.1) is 17.3 Å². The summed E-state index contributed by atoms with van der Waals surface area (Å²) < 4.78 is 5.46. The Morgan fingerprint density at radius 2 is 2.30 bits per heavy atom. The summed E-state index contributed by atoms with van der Waals surface area (Å²) in [6.45, 7) is 7.46. The lowest BCUT2D eigenvalue weighted by Crippen LogP contribution is -2.38. The Balaban J connectivity index is 1.70. The van der Waals surface area contributed by atoms with Crippen LogP contribution in [0.15, 0.2) is 5.38 Å². The van der Waals surface area contributed by atoms with Crippen molar-refractivity contribution >= 4 is 11.3 Å². The number of hydrogen-bond acceptors (Lipinski definition) is 5. The predicted octanol–water partition coefficient (Wildman–Crippen LogP) is 2.04. The smallest absolute Gasteiger partial charge is 0.0897 e. The lowest BCUT2D eigenvalue weighted by atomic mass is 9.77. The van der Waals surface area contributed by atoms with Gasteiger partial charge in [-0.15, -0.1) is 11.3 Å². The average molecular weight is 295 g/mol. The zero-order valence-electron chi connectivity index (χ0n) is 12.5. The fourth-order valence-corrected chi connectivity index (χ4v) is 4.41. The molecular weight excluding hydrogens is 270 g/mol. The molecule has 1 aromatic heterocycles. The van der Waals surface area contributed by atoms with Crippen LogP contribution in [0.2, 0.25) is 0 Å². The molecule has 3 rings (SSSR count). The van der Waals surface area contributed by atoms with Crippen molar-refractivity contribution in [1.29, 1.82) is 0 Å². The summed E-state index contributed by atoms with van der Waals surface area (Å²) >= 11 is 1.75. The summed E-state index contributed by atoms with van der Waals surface area (Å²) in [4.78, 5) is 7.23. The van der Waals surface area contributed by atoms with E-state index in [2.05, 4.69) is 27.5 Å². The first-order valence-electron chi connectivity index (χ1n) is 7.55. The largest absolute Gasteiger partial charge is 0.383 e. The van der Waals surface area contributed by atoms with Crippen molar-refractivity contribution in [2.24, 2.45) is 5.41 Å². The van der Waals surface area contributed by atoms with Crippen LogP contribution >= 0.6 is 11.3 Å². The summed E-state index contributed by atoms with van der Waals surface area (Å²) in [6.07, 6.45) is 3.89. The number of likely N-dealkylation sites (tertiary alicyclic amines) is 1. The van der Waals surface area contributed by atoms with E-state index < -0.39 is 0 Å². The Hall–Kier alpha value is -0.490. The van der Waals surface area contributed by atoms with Crippen LogP contribution in [0.4, 0.5) is 0 Å². The minimum Gasteiger partial charge on any atom is -0.383 e. The first-order valence-corrected chi connectivity index (χ1v) is 8.43. The number of nitrogens with zero attached hydrogens (tertiary/aromatic N) is 2. The Morgan fingerprint density at radius 3 is 2.95 bits per heavy atom. The van der Waals surface area contributed by atoms with Gasteiger partial charge in [-0.05, 0) is 44.7 Å². The van der Waals surface area contributed by atoms with Gasteiger partial charge in [0.1, 0.15) is 0 Å². The number of hydrogen-bond donors (Lipinski definition) is 1. The van der Waals surface area contributed by atoms with Crippen molar-refractivity contribution in [3.05, 3.63) is 16.1 Å². The van der Waals surface area contributed by atoms with E-state index in [9.17, 15) is 0 Å². The molecule has 0 aromatic carbocycles. The molecule has 2 aliphatic heterocycles. The van der Waals surface area contributed by atoms with Crippen LogP contribution in [0.3, 0.4) is 0 Å². The summed E-state index contributed by atoms with van der Waals surface area (Å²) in [7, 11) is 1.82. The average Bonchev–Trinajstić information content (AvgIpc) is 2.97. The Kier molecular flexibility index (Phi) is 4.40. The van der Waals surface area contributed by atoms with E-state index in [1.165, 1.54) is 49.6 Å². The minimum atomic E-state index is 0.513. The maximum Gasteiger partial charge on any atom is 0.0897 e. The van der Waals surface area contributed by atoms with Gasteiger partial charge < -0.3 is 10.1 Å². The predicted molar refractivity (Wildman–Crippen MR) is 82.1 cm³/mol.